The van der Waals surface area contributed by atoms with Crippen LogP contribution in [0.4, 0.5) is 14.5 Å². The summed E-state index contributed by atoms with van der Waals surface area (Å²) in [6.45, 7) is 1.95. The molecule has 0 fully saturated rings. The molecule has 6 heteroatoms. The second-order valence-electron chi connectivity index (χ2n) is 4.36. The van der Waals surface area contributed by atoms with Crippen LogP contribution in [0.5, 0.6) is 0 Å². The van der Waals surface area contributed by atoms with Crippen LogP contribution < -0.4 is 5.32 Å². The van der Waals surface area contributed by atoms with E-state index in [1.54, 1.807) is 17.9 Å². The Balaban J connectivity index is 2.05. The molecule has 2 N–H and O–H groups in total. The van der Waals surface area contributed by atoms with Crippen molar-refractivity contribution in [3.63, 3.8) is 0 Å². The number of aromatic nitrogens is 2. The lowest BCUT2D eigenvalue weighted by Gasteiger charge is -2.13. The van der Waals surface area contributed by atoms with Crippen molar-refractivity contribution in [3.05, 3.63) is 47.3 Å². The van der Waals surface area contributed by atoms with Crippen molar-refractivity contribution in [1.29, 1.82) is 0 Å². The number of benzene rings is 1. The molecule has 1 aromatic carbocycles. The Morgan fingerprint density at radius 3 is 2.74 bits per heavy atom. The number of halogens is 2. The largest absolute Gasteiger partial charge is 0.386 e. The number of rotatable bonds is 4. The number of aliphatic hydroxyl groups is 1. The summed E-state index contributed by atoms with van der Waals surface area (Å²) in [6.07, 6.45) is 0.712. The summed E-state index contributed by atoms with van der Waals surface area (Å²) in [5.41, 5.74) is 1.62. The van der Waals surface area contributed by atoms with Crippen molar-refractivity contribution in [2.24, 2.45) is 7.05 Å². The highest BCUT2D eigenvalue weighted by atomic mass is 19.1. The first-order valence-electron chi connectivity index (χ1n) is 5.84. The number of nitrogens with one attached hydrogen (secondary N) is 1. The summed E-state index contributed by atoms with van der Waals surface area (Å²) < 4.78 is 27.9. The highest BCUT2D eigenvalue weighted by Crippen LogP contribution is 2.19. The molecule has 2 aromatic rings. The summed E-state index contributed by atoms with van der Waals surface area (Å²) in [5.74, 6) is -1.42. The molecule has 1 heterocycles. The summed E-state index contributed by atoms with van der Waals surface area (Å²) in [4.78, 5) is 0. The standard InChI is InChI=1S/C13H15F2N3O/c1-8-12(7-18(2)17-8)16-6-13(19)10-4-3-9(14)5-11(10)15/h3-5,7,13,16,19H,6H2,1-2H3. The van der Waals surface area contributed by atoms with Gasteiger partial charge in [-0.2, -0.15) is 5.10 Å². The van der Waals surface area contributed by atoms with E-state index in [4.69, 9.17) is 0 Å². The Morgan fingerprint density at radius 2 is 2.16 bits per heavy atom. The van der Waals surface area contributed by atoms with Crippen molar-refractivity contribution >= 4 is 5.69 Å². The zero-order valence-electron chi connectivity index (χ0n) is 10.7. The van der Waals surface area contributed by atoms with E-state index < -0.39 is 17.7 Å². The van der Waals surface area contributed by atoms with Gasteiger partial charge in [-0.25, -0.2) is 8.78 Å². The minimum absolute atomic E-state index is 0.0652. The molecule has 4 nitrogen and oxygen atoms in total. The van der Waals surface area contributed by atoms with E-state index in [0.29, 0.717) is 0 Å². The number of hydrogen-bond donors (Lipinski definition) is 2. The molecule has 2 rings (SSSR count). The molecule has 0 amide bonds. The maximum absolute atomic E-state index is 13.5. The molecule has 0 aliphatic carbocycles. The van der Waals surface area contributed by atoms with E-state index in [1.165, 1.54) is 6.07 Å². The molecular formula is C13H15F2N3O. The number of aryl methyl sites for hydroxylation is 2. The fourth-order valence-corrected chi connectivity index (χ4v) is 1.86. The van der Waals surface area contributed by atoms with E-state index in [0.717, 1.165) is 23.5 Å². The summed E-state index contributed by atoms with van der Waals surface area (Å²) in [6, 6.07) is 3.12. The fraction of sp³-hybridized carbons (Fsp3) is 0.308. The first kappa shape index (κ1) is 13.5. The number of hydrogen-bond acceptors (Lipinski definition) is 3. The van der Waals surface area contributed by atoms with Gasteiger partial charge in [-0.05, 0) is 13.0 Å². The maximum Gasteiger partial charge on any atom is 0.131 e. The fourth-order valence-electron chi connectivity index (χ4n) is 1.86. The second-order valence-corrected chi connectivity index (χ2v) is 4.36. The van der Waals surface area contributed by atoms with E-state index in [-0.39, 0.29) is 12.1 Å². The molecule has 0 aliphatic heterocycles. The molecule has 0 bridgehead atoms. The van der Waals surface area contributed by atoms with Crippen LogP contribution in [0.1, 0.15) is 17.4 Å². The van der Waals surface area contributed by atoms with Gasteiger partial charge in [0.25, 0.3) is 0 Å². The second kappa shape index (κ2) is 5.36. The van der Waals surface area contributed by atoms with E-state index >= 15 is 0 Å². The summed E-state index contributed by atoms with van der Waals surface area (Å²) in [5, 5.41) is 17.0. The third-order valence-electron chi connectivity index (χ3n) is 2.82. The smallest absolute Gasteiger partial charge is 0.131 e. The van der Waals surface area contributed by atoms with Gasteiger partial charge < -0.3 is 10.4 Å². The lowest BCUT2D eigenvalue weighted by Crippen LogP contribution is -2.13. The minimum atomic E-state index is -1.06. The molecule has 1 aromatic heterocycles. The van der Waals surface area contributed by atoms with Gasteiger partial charge in [0, 0.05) is 31.4 Å². The molecule has 102 valence electrons. The lowest BCUT2D eigenvalue weighted by molar-refractivity contribution is 0.186. The summed E-state index contributed by atoms with van der Waals surface area (Å²) in [7, 11) is 1.79. The van der Waals surface area contributed by atoms with Crippen LogP contribution in [0.2, 0.25) is 0 Å². The average Bonchev–Trinajstić information content (AvgIpc) is 2.65. The van der Waals surface area contributed by atoms with Gasteiger partial charge in [0.15, 0.2) is 0 Å². The van der Waals surface area contributed by atoms with Crippen molar-refractivity contribution in [1.82, 2.24) is 9.78 Å². The van der Waals surface area contributed by atoms with Gasteiger partial charge in [0.1, 0.15) is 11.6 Å². The average molecular weight is 267 g/mol. The predicted molar refractivity (Wildman–Crippen MR) is 67.8 cm³/mol. The maximum atomic E-state index is 13.5. The summed E-state index contributed by atoms with van der Waals surface area (Å²) >= 11 is 0. The van der Waals surface area contributed by atoms with Gasteiger partial charge in [0.05, 0.1) is 17.5 Å². The molecule has 19 heavy (non-hydrogen) atoms. The highest BCUT2D eigenvalue weighted by molar-refractivity contribution is 5.45. The van der Waals surface area contributed by atoms with E-state index in [9.17, 15) is 13.9 Å². The predicted octanol–water partition coefficient (Wildman–Crippen LogP) is 2.15. The molecule has 1 unspecified atom stereocenters. The monoisotopic (exact) mass is 267 g/mol. The first-order chi connectivity index (χ1) is 8.97. The topological polar surface area (TPSA) is 50.1 Å². The molecule has 0 saturated carbocycles. The van der Waals surface area contributed by atoms with Crippen molar-refractivity contribution in [2.75, 3.05) is 11.9 Å². The Hall–Kier alpha value is -1.95. The van der Waals surface area contributed by atoms with Crippen LogP contribution in [-0.2, 0) is 7.05 Å². The van der Waals surface area contributed by atoms with Crippen molar-refractivity contribution < 1.29 is 13.9 Å². The van der Waals surface area contributed by atoms with Crippen LogP contribution >= 0.6 is 0 Å². The van der Waals surface area contributed by atoms with Gasteiger partial charge in [-0.15, -0.1) is 0 Å². The Kier molecular flexibility index (Phi) is 3.80. The van der Waals surface area contributed by atoms with Gasteiger partial charge in [0.2, 0.25) is 0 Å². The van der Waals surface area contributed by atoms with Gasteiger partial charge in [-0.3, -0.25) is 4.68 Å². The Labute approximate surface area is 109 Å². The third kappa shape index (κ3) is 3.08. The lowest BCUT2D eigenvalue weighted by atomic mass is 10.1. The SMILES string of the molecule is Cc1nn(C)cc1NCC(O)c1ccc(F)cc1F. The van der Waals surface area contributed by atoms with Crippen LogP contribution in [-0.4, -0.2) is 21.4 Å². The molecule has 0 spiro atoms. The van der Waals surface area contributed by atoms with E-state index in [2.05, 4.69) is 10.4 Å². The molecule has 1 atom stereocenters. The molecule has 0 radical (unpaired) electrons. The normalized spacial score (nSPS) is 12.5. The number of aliphatic hydroxyl groups excluding tert-OH is 1. The zero-order valence-corrected chi connectivity index (χ0v) is 10.7. The Morgan fingerprint density at radius 1 is 1.42 bits per heavy atom. The minimum Gasteiger partial charge on any atom is -0.386 e. The molecular weight excluding hydrogens is 252 g/mol. The number of anilines is 1. The molecule has 0 saturated heterocycles. The van der Waals surface area contributed by atoms with Crippen LogP contribution in [0.15, 0.2) is 24.4 Å². The van der Waals surface area contributed by atoms with Crippen LogP contribution in [0.3, 0.4) is 0 Å². The van der Waals surface area contributed by atoms with Crippen molar-refractivity contribution in [2.45, 2.75) is 13.0 Å². The first-order valence-corrected chi connectivity index (χ1v) is 5.84. The Bertz CT molecular complexity index is 583. The zero-order chi connectivity index (χ0) is 14.0. The highest BCUT2D eigenvalue weighted by Gasteiger charge is 2.14. The molecule has 0 aliphatic rings. The number of nitrogens with zero attached hydrogens (tertiary/aromatic N) is 2. The van der Waals surface area contributed by atoms with Gasteiger partial charge in [-0.1, -0.05) is 6.07 Å². The van der Waals surface area contributed by atoms with E-state index in [1.807, 2.05) is 6.92 Å². The van der Waals surface area contributed by atoms with Crippen molar-refractivity contribution in [3.8, 4) is 0 Å². The quantitative estimate of drug-likeness (QED) is 0.892. The van der Waals surface area contributed by atoms with Crippen LogP contribution in [0.25, 0.3) is 0 Å². The van der Waals surface area contributed by atoms with Gasteiger partial charge >= 0.3 is 0 Å². The third-order valence-corrected chi connectivity index (χ3v) is 2.82. The van der Waals surface area contributed by atoms with Crippen LogP contribution in [0, 0.1) is 18.6 Å².